The fourth-order valence-electron chi connectivity index (χ4n) is 2.29. The lowest BCUT2D eigenvalue weighted by Crippen LogP contribution is -2.14. The molecule has 0 atom stereocenters. The average Bonchev–Trinajstić information content (AvgIpc) is 2.65. The summed E-state index contributed by atoms with van der Waals surface area (Å²) in [6, 6.07) is 4.65. The van der Waals surface area contributed by atoms with Crippen LogP contribution < -0.4 is 5.32 Å². The molecular weight excluding hydrogens is 405 g/mol. The van der Waals surface area contributed by atoms with Crippen LogP contribution in [0.2, 0.25) is 0 Å². The molecule has 10 heteroatoms. The number of carbonyl (C=O) groups is 1. The number of nitrogens with zero attached hydrogens (tertiary/aromatic N) is 3. The monoisotopic (exact) mass is 426 g/mol. The van der Waals surface area contributed by atoms with Gasteiger partial charge in [-0.25, -0.2) is 14.8 Å². The van der Waals surface area contributed by atoms with Gasteiger partial charge >= 0.3 is 12.1 Å². The van der Waals surface area contributed by atoms with Crippen molar-refractivity contribution >= 4 is 35.3 Å². The first-order chi connectivity index (χ1) is 13.7. The summed E-state index contributed by atoms with van der Waals surface area (Å²) in [6.07, 6.45) is 0.582. The van der Waals surface area contributed by atoms with Crippen LogP contribution in [-0.2, 0) is 10.9 Å². The lowest BCUT2D eigenvalue weighted by atomic mass is 10.1. The van der Waals surface area contributed by atoms with E-state index < -0.39 is 17.7 Å². The number of rotatable bonds is 7. The van der Waals surface area contributed by atoms with Crippen LogP contribution in [0.3, 0.4) is 0 Å². The summed E-state index contributed by atoms with van der Waals surface area (Å²) in [4.78, 5) is 23.0. The summed E-state index contributed by atoms with van der Waals surface area (Å²) < 4.78 is 44.2. The minimum atomic E-state index is -4.49. The average molecular weight is 426 g/mol. The smallest absolute Gasteiger partial charge is 0.416 e. The number of carbonyl (C=O) groups excluding carboxylic acids is 1. The quantitative estimate of drug-likeness (QED) is 0.392. The Morgan fingerprint density at radius 3 is 2.62 bits per heavy atom. The fraction of sp³-hybridized carbons (Fsp3) is 0.316. The highest BCUT2D eigenvalue weighted by atomic mass is 32.2. The summed E-state index contributed by atoms with van der Waals surface area (Å²) in [6.45, 7) is 1.78. The number of benzene rings is 1. The van der Waals surface area contributed by atoms with Crippen molar-refractivity contribution in [3.63, 3.8) is 0 Å². The zero-order chi connectivity index (χ0) is 21.6. The number of alkyl halides is 3. The number of esters is 1. The zero-order valence-corrected chi connectivity index (χ0v) is 17.2. The van der Waals surface area contributed by atoms with E-state index in [1.165, 1.54) is 23.9 Å². The van der Waals surface area contributed by atoms with Crippen molar-refractivity contribution in [1.82, 2.24) is 14.9 Å². The van der Waals surface area contributed by atoms with E-state index in [0.29, 0.717) is 10.9 Å². The first kappa shape index (κ1) is 22.5. The molecular formula is C19H21F3N4O2S. The van der Waals surface area contributed by atoms with Gasteiger partial charge in [0, 0.05) is 26.0 Å². The van der Waals surface area contributed by atoms with E-state index in [1.54, 1.807) is 44.5 Å². The van der Waals surface area contributed by atoms with Crippen molar-refractivity contribution in [2.75, 3.05) is 32.3 Å². The van der Waals surface area contributed by atoms with E-state index >= 15 is 0 Å². The van der Waals surface area contributed by atoms with Gasteiger partial charge in [0.1, 0.15) is 11.4 Å². The number of thioether (sulfide) groups is 1. The largest absolute Gasteiger partial charge is 0.462 e. The molecule has 0 aliphatic rings. The van der Waals surface area contributed by atoms with E-state index in [9.17, 15) is 18.0 Å². The highest BCUT2D eigenvalue weighted by molar-refractivity contribution is 7.98. The molecule has 0 radical (unpaired) electrons. The molecule has 2 aromatic rings. The maximum absolute atomic E-state index is 13.0. The topological polar surface area (TPSA) is 67.3 Å². The minimum absolute atomic E-state index is 0.0418. The maximum Gasteiger partial charge on any atom is 0.416 e. The summed E-state index contributed by atoms with van der Waals surface area (Å²) in [7, 11) is 3.61. The van der Waals surface area contributed by atoms with Gasteiger partial charge in [0.2, 0.25) is 0 Å². The fourth-order valence-corrected chi connectivity index (χ4v) is 2.67. The van der Waals surface area contributed by atoms with Crippen LogP contribution in [0, 0.1) is 0 Å². The molecule has 0 amide bonds. The maximum atomic E-state index is 13.0. The molecule has 156 valence electrons. The standard InChI is InChI=1S/C19H21F3N4O2S/c1-5-28-17(27)15-14(9-10-26(2)3)24-18(29-4)25-16(15)23-13-8-6-7-12(11-13)19(20,21)22/h6-11H,5H2,1-4H3,(H,23,24,25)/b10-9+. The summed E-state index contributed by atoms with van der Waals surface area (Å²) in [5.41, 5.74) is -0.336. The van der Waals surface area contributed by atoms with E-state index in [4.69, 9.17) is 4.74 Å². The molecule has 6 nitrogen and oxygen atoms in total. The van der Waals surface area contributed by atoms with Crippen molar-refractivity contribution in [2.45, 2.75) is 18.3 Å². The molecule has 1 aromatic heterocycles. The molecule has 1 N–H and O–H groups in total. The van der Waals surface area contributed by atoms with Crippen LogP contribution >= 0.6 is 11.8 Å². The van der Waals surface area contributed by atoms with Gasteiger partial charge in [-0.1, -0.05) is 17.8 Å². The SMILES string of the molecule is CCOC(=O)c1c(/C=C/N(C)C)nc(SC)nc1Nc1cccc(C(F)(F)F)c1. The molecule has 1 heterocycles. The summed E-state index contributed by atoms with van der Waals surface area (Å²) >= 11 is 1.24. The Hall–Kier alpha value is -2.75. The third-order valence-electron chi connectivity index (χ3n) is 3.56. The molecule has 0 spiro atoms. The van der Waals surface area contributed by atoms with Gasteiger partial charge in [-0.15, -0.1) is 0 Å². The van der Waals surface area contributed by atoms with Gasteiger partial charge in [0.25, 0.3) is 0 Å². The molecule has 0 aliphatic carbocycles. The number of ether oxygens (including phenoxy) is 1. The summed E-state index contributed by atoms with van der Waals surface area (Å²) in [5, 5.41) is 3.17. The normalized spacial score (nSPS) is 11.6. The second-order valence-corrected chi connectivity index (χ2v) is 6.80. The molecule has 29 heavy (non-hydrogen) atoms. The highest BCUT2D eigenvalue weighted by Crippen LogP contribution is 2.32. The van der Waals surface area contributed by atoms with Crippen LogP contribution in [0.15, 0.2) is 35.6 Å². The Morgan fingerprint density at radius 1 is 1.31 bits per heavy atom. The number of halogens is 3. The first-order valence-corrected chi connectivity index (χ1v) is 9.80. The van der Waals surface area contributed by atoms with Gasteiger partial charge in [0.05, 0.1) is 17.9 Å². The third kappa shape index (κ3) is 6.11. The molecule has 0 saturated carbocycles. The third-order valence-corrected chi connectivity index (χ3v) is 4.11. The number of hydrogen-bond acceptors (Lipinski definition) is 7. The van der Waals surface area contributed by atoms with Crippen molar-refractivity contribution in [1.29, 1.82) is 0 Å². The van der Waals surface area contributed by atoms with E-state index in [1.807, 2.05) is 0 Å². The molecule has 1 aromatic carbocycles. The number of anilines is 2. The Labute approximate surface area is 171 Å². The van der Waals surface area contributed by atoms with Gasteiger partial charge in [-0.3, -0.25) is 0 Å². The molecule has 0 unspecified atom stereocenters. The number of nitrogens with one attached hydrogen (secondary N) is 1. The van der Waals surface area contributed by atoms with E-state index in [0.717, 1.165) is 12.1 Å². The van der Waals surface area contributed by atoms with Crippen LogP contribution in [0.1, 0.15) is 28.5 Å². The van der Waals surface area contributed by atoms with Gasteiger partial charge in [-0.05, 0) is 37.5 Å². The lowest BCUT2D eigenvalue weighted by Gasteiger charge is -2.15. The van der Waals surface area contributed by atoms with Crippen LogP contribution in [0.5, 0.6) is 0 Å². The molecule has 2 rings (SSSR count). The van der Waals surface area contributed by atoms with Crippen molar-refractivity contribution in [3.05, 3.63) is 47.3 Å². The minimum Gasteiger partial charge on any atom is -0.462 e. The van der Waals surface area contributed by atoms with Gasteiger partial charge < -0.3 is 15.0 Å². The Bertz CT molecular complexity index is 902. The molecule has 0 saturated heterocycles. The predicted octanol–water partition coefficient (Wildman–Crippen LogP) is 4.67. The van der Waals surface area contributed by atoms with E-state index in [-0.39, 0.29) is 23.7 Å². The van der Waals surface area contributed by atoms with Crippen LogP contribution in [-0.4, -0.2) is 47.8 Å². The van der Waals surface area contributed by atoms with Gasteiger partial charge in [0.15, 0.2) is 5.16 Å². The van der Waals surface area contributed by atoms with Crippen molar-refractivity contribution in [2.24, 2.45) is 0 Å². The Morgan fingerprint density at radius 2 is 2.03 bits per heavy atom. The Balaban J connectivity index is 2.59. The second-order valence-electron chi connectivity index (χ2n) is 6.02. The van der Waals surface area contributed by atoms with Crippen molar-refractivity contribution in [3.8, 4) is 0 Å². The molecule has 0 fully saturated rings. The van der Waals surface area contributed by atoms with E-state index in [2.05, 4.69) is 15.3 Å². The summed E-state index contributed by atoms with van der Waals surface area (Å²) in [5.74, 6) is -0.603. The Kier molecular flexibility index (Phi) is 7.49. The second kappa shape index (κ2) is 9.64. The van der Waals surface area contributed by atoms with Crippen molar-refractivity contribution < 1.29 is 22.7 Å². The van der Waals surface area contributed by atoms with Gasteiger partial charge in [-0.2, -0.15) is 13.2 Å². The predicted molar refractivity (Wildman–Crippen MR) is 107 cm³/mol. The number of hydrogen-bond donors (Lipinski definition) is 1. The lowest BCUT2D eigenvalue weighted by molar-refractivity contribution is -0.137. The first-order valence-electron chi connectivity index (χ1n) is 8.57. The molecule has 0 bridgehead atoms. The number of aromatic nitrogens is 2. The highest BCUT2D eigenvalue weighted by Gasteiger charge is 2.30. The zero-order valence-electron chi connectivity index (χ0n) is 16.4. The van der Waals surface area contributed by atoms with Crippen LogP contribution in [0.4, 0.5) is 24.7 Å². The molecule has 0 aliphatic heterocycles. The van der Waals surface area contributed by atoms with Crippen LogP contribution in [0.25, 0.3) is 6.08 Å².